The Balaban J connectivity index is 0.000000821. The molecule has 0 aliphatic rings. The first-order valence-electron chi connectivity index (χ1n) is 8.72. The molecule has 0 aliphatic carbocycles. The second-order valence-corrected chi connectivity index (χ2v) is 6.06. The Morgan fingerprint density at radius 1 is 1.11 bits per heavy atom. The van der Waals surface area contributed by atoms with Crippen molar-refractivity contribution in [3.05, 3.63) is 41.7 Å². The molecule has 1 heterocycles. The van der Waals surface area contributed by atoms with E-state index in [0.29, 0.717) is 6.42 Å². The van der Waals surface area contributed by atoms with Crippen LogP contribution in [0.15, 0.2) is 30.5 Å². The van der Waals surface area contributed by atoms with E-state index >= 15 is 0 Å². The van der Waals surface area contributed by atoms with E-state index in [2.05, 4.69) is 18.5 Å². The number of aryl methyl sites for hydroxylation is 1. The van der Waals surface area contributed by atoms with Gasteiger partial charge in [0.15, 0.2) is 0 Å². The molecule has 0 amide bonds. The molecule has 0 unspecified atom stereocenters. The van der Waals surface area contributed by atoms with Crippen LogP contribution in [0.5, 0.6) is 0 Å². The van der Waals surface area contributed by atoms with Crippen LogP contribution in [0.25, 0.3) is 0 Å². The van der Waals surface area contributed by atoms with Crippen LogP contribution in [0.1, 0.15) is 56.7 Å². The zero-order chi connectivity index (χ0) is 20.9. The first-order chi connectivity index (χ1) is 12.6. The summed E-state index contributed by atoms with van der Waals surface area (Å²) in [6.45, 7) is 5.77. The number of aliphatic carboxylic acids is 2. The molecule has 0 aliphatic heterocycles. The van der Waals surface area contributed by atoms with Crippen molar-refractivity contribution in [2.24, 2.45) is 0 Å². The maximum atomic E-state index is 10.8. The lowest BCUT2D eigenvalue weighted by Gasteiger charge is -2.05. The Hall–Kier alpha value is -2.38. The Kier molecular flexibility index (Phi) is 11.8. The highest BCUT2D eigenvalue weighted by Gasteiger charge is 2.38. The number of alkyl halides is 3. The van der Waals surface area contributed by atoms with E-state index in [0.717, 1.165) is 12.1 Å². The molecule has 0 bridgehead atoms. The van der Waals surface area contributed by atoms with Gasteiger partial charge in [-0.3, -0.25) is 4.98 Å². The van der Waals surface area contributed by atoms with Crippen LogP contribution in [0.2, 0.25) is 0 Å². The number of nitrogens with zero attached hydrogens (tertiary/aromatic N) is 1. The van der Waals surface area contributed by atoms with Crippen molar-refractivity contribution in [2.45, 2.75) is 64.5 Å². The summed E-state index contributed by atoms with van der Waals surface area (Å²) in [6.07, 6.45) is 5.74. The second-order valence-electron chi connectivity index (χ2n) is 6.06. The van der Waals surface area contributed by atoms with Crippen LogP contribution in [0.3, 0.4) is 0 Å². The van der Waals surface area contributed by atoms with Gasteiger partial charge in [-0.2, -0.15) is 13.2 Å². The van der Waals surface area contributed by atoms with Crippen LogP contribution in [0.4, 0.5) is 13.2 Å². The third-order valence-corrected chi connectivity index (χ3v) is 3.64. The maximum Gasteiger partial charge on any atom is 0.490 e. The fourth-order valence-corrected chi connectivity index (χ4v) is 2.18. The molecular formula is C19H26F3NO4. The average Bonchev–Trinajstić information content (AvgIpc) is 2.58. The predicted molar refractivity (Wildman–Crippen MR) is 95.5 cm³/mol. The number of hydrogen-bond acceptors (Lipinski definition) is 3. The highest BCUT2D eigenvalue weighted by atomic mass is 19.4. The molecule has 2 N–H and O–H groups in total. The molecule has 1 rings (SSSR count). The quantitative estimate of drug-likeness (QED) is 0.443. The molecule has 8 heteroatoms. The molecule has 0 atom stereocenters. The van der Waals surface area contributed by atoms with Crippen LogP contribution in [-0.4, -0.2) is 33.3 Å². The van der Waals surface area contributed by atoms with Gasteiger partial charge in [-0.1, -0.05) is 45.6 Å². The number of carboxylic acid groups (broad SMARTS) is 2. The van der Waals surface area contributed by atoms with Gasteiger partial charge in [-0.05, 0) is 30.5 Å². The Bertz CT molecular complexity index is 615. The van der Waals surface area contributed by atoms with E-state index in [9.17, 15) is 18.0 Å². The van der Waals surface area contributed by atoms with Gasteiger partial charge >= 0.3 is 18.1 Å². The molecule has 0 spiro atoms. The molecule has 1 aromatic heterocycles. The van der Waals surface area contributed by atoms with Crippen molar-refractivity contribution in [3.63, 3.8) is 0 Å². The van der Waals surface area contributed by atoms with Crippen molar-refractivity contribution < 1.29 is 33.0 Å². The van der Waals surface area contributed by atoms with Gasteiger partial charge in [0.1, 0.15) is 0 Å². The highest BCUT2D eigenvalue weighted by molar-refractivity contribution is 5.86. The summed E-state index contributed by atoms with van der Waals surface area (Å²) in [5, 5.41) is 16.0. The first kappa shape index (κ1) is 24.6. The van der Waals surface area contributed by atoms with Crippen LogP contribution in [0, 0.1) is 0 Å². The van der Waals surface area contributed by atoms with Crippen molar-refractivity contribution in [1.82, 2.24) is 4.98 Å². The highest BCUT2D eigenvalue weighted by Crippen LogP contribution is 2.13. The minimum Gasteiger partial charge on any atom is -0.478 e. The SMILES string of the molecule is C=C(Cc1cc(CCCCCCCC)ccn1)C(=O)O.O=C(O)C(F)(F)F. The van der Waals surface area contributed by atoms with Gasteiger partial charge in [-0.15, -0.1) is 0 Å². The summed E-state index contributed by atoms with van der Waals surface area (Å²) in [4.78, 5) is 23.9. The molecule has 0 fully saturated rings. The van der Waals surface area contributed by atoms with E-state index in [1.54, 1.807) is 6.20 Å². The number of carbonyl (C=O) groups is 2. The van der Waals surface area contributed by atoms with Gasteiger partial charge < -0.3 is 10.2 Å². The molecule has 0 saturated heterocycles. The lowest BCUT2D eigenvalue weighted by atomic mass is 10.0. The summed E-state index contributed by atoms with van der Waals surface area (Å²) in [6, 6.07) is 4.01. The van der Waals surface area contributed by atoms with Gasteiger partial charge in [0, 0.05) is 23.9 Å². The number of aromatic nitrogens is 1. The number of pyridine rings is 1. The molecular weight excluding hydrogens is 363 g/mol. The molecule has 152 valence electrons. The Labute approximate surface area is 156 Å². The van der Waals surface area contributed by atoms with E-state index in [1.807, 2.05) is 12.1 Å². The van der Waals surface area contributed by atoms with Crippen LogP contribution < -0.4 is 0 Å². The molecule has 0 aromatic carbocycles. The Morgan fingerprint density at radius 2 is 1.67 bits per heavy atom. The standard InChI is InChI=1S/C17H25NO2.C2HF3O2/c1-3-4-5-6-7-8-9-15-10-11-18-16(13-15)12-14(2)17(19)20;3-2(4,5)1(6)7/h10-11,13H,2-9,12H2,1H3,(H,19,20);(H,6,7). The van der Waals surface area contributed by atoms with Crippen molar-refractivity contribution >= 4 is 11.9 Å². The molecule has 0 saturated carbocycles. The van der Waals surface area contributed by atoms with Gasteiger partial charge in [-0.25, -0.2) is 9.59 Å². The normalized spacial score (nSPS) is 10.7. The lowest BCUT2D eigenvalue weighted by Crippen LogP contribution is -2.21. The van der Waals surface area contributed by atoms with Crippen molar-refractivity contribution in [1.29, 1.82) is 0 Å². The number of hydrogen-bond donors (Lipinski definition) is 2. The largest absolute Gasteiger partial charge is 0.490 e. The fourth-order valence-electron chi connectivity index (χ4n) is 2.18. The number of unbranched alkanes of at least 4 members (excludes halogenated alkanes) is 5. The summed E-state index contributed by atoms with van der Waals surface area (Å²) in [7, 11) is 0. The van der Waals surface area contributed by atoms with Crippen molar-refractivity contribution in [2.75, 3.05) is 0 Å². The zero-order valence-corrected chi connectivity index (χ0v) is 15.4. The number of rotatable bonds is 10. The third kappa shape index (κ3) is 12.6. The monoisotopic (exact) mass is 389 g/mol. The van der Waals surface area contributed by atoms with Gasteiger partial charge in [0.05, 0.1) is 0 Å². The minimum absolute atomic E-state index is 0.189. The van der Waals surface area contributed by atoms with Crippen LogP contribution in [-0.2, 0) is 22.4 Å². The molecule has 5 nitrogen and oxygen atoms in total. The summed E-state index contributed by atoms with van der Waals surface area (Å²) < 4.78 is 31.7. The third-order valence-electron chi connectivity index (χ3n) is 3.64. The van der Waals surface area contributed by atoms with Gasteiger partial charge in [0.25, 0.3) is 0 Å². The van der Waals surface area contributed by atoms with E-state index < -0.39 is 18.1 Å². The topological polar surface area (TPSA) is 87.5 Å². The summed E-state index contributed by atoms with van der Waals surface area (Å²) >= 11 is 0. The van der Waals surface area contributed by atoms with E-state index in [-0.39, 0.29) is 5.57 Å². The smallest absolute Gasteiger partial charge is 0.478 e. The first-order valence-corrected chi connectivity index (χ1v) is 8.72. The predicted octanol–water partition coefficient (Wildman–Crippen LogP) is 4.80. The minimum atomic E-state index is -5.08. The number of halogens is 3. The van der Waals surface area contributed by atoms with Crippen LogP contribution >= 0.6 is 0 Å². The van der Waals surface area contributed by atoms with E-state index in [1.165, 1.54) is 44.1 Å². The molecule has 1 aromatic rings. The second kappa shape index (κ2) is 12.9. The van der Waals surface area contributed by atoms with E-state index in [4.69, 9.17) is 15.0 Å². The van der Waals surface area contributed by atoms with Crippen molar-refractivity contribution in [3.8, 4) is 0 Å². The lowest BCUT2D eigenvalue weighted by molar-refractivity contribution is -0.192. The molecule has 0 radical (unpaired) electrons. The Morgan fingerprint density at radius 3 is 2.19 bits per heavy atom. The zero-order valence-electron chi connectivity index (χ0n) is 15.4. The fraction of sp³-hybridized carbons (Fsp3) is 0.526. The summed E-state index contributed by atoms with van der Waals surface area (Å²) in [5.41, 5.74) is 2.22. The summed E-state index contributed by atoms with van der Waals surface area (Å²) in [5.74, 6) is -3.71. The number of carboxylic acids is 2. The average molecular weight is 389 g/mol. The molecule has 27 heavy (non-hydrogen) atoms. The van der Waals surface area contributed by atoms with Gasteiger partial charge in [0.2, 0.25) is 0 Å². The maximum absolute atomic E-state index is 10.8.